The molecule has 3 rings (SSSR count). The molecule has 2 nitrogen and oxygen atoms in total. The zero-order valence-electron chi connectivity index (χ0n) is 12.4. The van der Waals surface area contributed by atoms with Crippen molar-refractivity contribution >= 4 is 5.69 Å². The van der Waals surface area contributed by atoms with Crippen LogP contribution in [0.5, 0.6) is 0 Å². The van der Waals surface area contributed by atoms with Crippen LogP contribution >= 0.6 is 0 Å². The third kappa shape index (κ3) is 2.16. The molecule has 2 saturated heterocycles. The van der Waals surface area contributed by atoms with Crippen LogP contribution < -0.4 is 10.2 Å². The molecular weight excluding hydrogens is 232 g/mol. The molecule has 2 fully saturated rings. The van der Waals surface area contributed by atoms with Crippen LogP contribution in [0, 0.1) is 6.92 Å². The molecule has 1 aromatic rings. The van der Waals surface area contributed by atoms with E-state index in [9.17, 15) is 0 Å². The molecule has 0 amide bonds. The third-order valence-corrected chi connectivity index (χ3v) is 5.10. The molecule has 0 saturated carbocycles. The summed E-state index contributed by atoms with van der Waals surface area (Å²) in [5.41, 5.74) is 4.53. The predicted molar refractivity (Wildman–Crippen MR) is 81.9 cm³/mol. The summed E-state index contributed by atoms with van der Waals surface area (Å²) in [6, 6.07) is 9.03. The maximum atomic E-state index is 3.49. The highest BCUT2D eigenvalue weighted by atomic mass is 15.2. The number of aryl methyl sites for hydroxylation is 2. The molecule has 2 aliphatic heterocycles. The molecule has 2 unspecified atom stereocenters. The lowest BCUT2D eigenvalue weighted by Crippen LogP contribution is -2.49. The minimum atomic E-state index is 0.725. The van der Waals surface area contributed by atoms with Crippen molar-refractivity contribution in [2.45, 2.75) is 64.1 Å². The summed E-state index contributed by atoms with van der Waals surface area (Å²) >= 11 is 0. The van der Waals surface area contributed by atoms with E-state index in [1.165, 1.54) is 36.8 Å². The Hall–Kier alpha value is -1.02. The van der Waals surface area contributed by atoms with Crippen LogP contribution in [0.1, 0.15) is 43.7 Å². The quantitative estimate of drug-likeness (QED) is 0.895. The maximum absolute atomic E-state index is 3.49. The molecular formula is C17H26N2. The summed E-state index contributed by atoms with van der Waals surface area (Å²) in [7, 11) is 2.12. The van der Waals surface area contributed by atoms with Crippen molar-refractivity contribution in [3.63, 3.8) is 0 Å². The van der Waals surface area contributed by atoms with E-state index in [4.69, 9.17) is 0 Å². The van der Waals surface area contributed by atoms with Gasteiger partial charge in [0.25, 0.3) is 0 Å². The van der Waals surface area contributed by atoms with E-state index < -0.39 is 0 Å². The molecule has 0 radical (unpaired) electrons. The van der Waals surface area contributed by atoms with Gasteiger partial charge < -0.3 is 10.2 Å². The van der Waals surface area contributed by atoms with E-state index >= 15 is 0 Å². The molecule has 2 heteroatoms. The highest BCUT2D eigenvalue weighted by Crippen LogP contribution is 2.42. The maximum Gasteiger partial charge on any atom is 0.0433 e. The largest absolute Gasteiger partial charge is 0.365 e. The van der Waals surface area contributed by atoms with Crippen molar-refractivity contribution < 1.29 is 0 Å². The van der Waals surface area contributed by atoms with Crippen molar-refractivity contribution in [2.24, 2.45) is 0 Å². The first-order chi connectivity index (χ1) is 9.24. The first-order valence-corrected chi connectivity index (χ1v) is 7.78. The molecule has 104 valence electrons. The summed E-state index contributed by atoms with van der Waals surface area (Å²) in [6.07, 6.45) is 6.51. The van der Waals surface area contributed by atoms with Crippen LogP contribution in [0.25, 0.3) is 0 Å². The standard InChI is InChI=1S/C17H26N2/c1-4-13-7-5-6-12(2)17(13)19-15-8-9-16(19)11-14(10-15)18-3/h5-7,14-16,18H,4,8-11H2,1-3H3. The van der Waals surface area contributed by atoms with E-state index in [0.717, 1.165) is 24.5 Å². The average Bonchev–Trinajstić information content (AvgIpc) is 2.68. The Bertz CT molecular complexity index is 441. The number of nitrogens with one attached hydrogen (secondary N) is 1. The van der Waals surface area contributed by atoms with Crippen molar-refractivity contribution in [3.05, 3.63) is 29.3 Å². The fourth-order valence-corrected chi connectivity index (χ4v) is 4.15. The Morgan fingerprint density at radius 1 is 1.21 bits per heavy atom. The van der Waals surface area contributed by atoms with Crippen LogP contribution in [0.2, 0.25) is 0 Å². The minimum Gasteiger partial charge on any atom is -0.365 e. The topological polar surface area (TPSA) is 15.3 Å². The molecule has 2 atom stereocenters. The van der Waals surface area contributed by atoms with Crippen LogP contribution in [-0.2, 0) is 6.42 Å². The SMILES string of the molecule is CCc1cccc(C)c1N1C2CCC1CC(NC)C2. The van der Waals surface area contributed by atoms with Gasteiger partial charge in [-0.25, -0.2) is 0 Å². The molecule has 0 aliphatic carbocycles. The Balaban J connectivity index is 1.96. The van der Waals surface area contributed by atoms with Gasteiger partial charge in [0, 0.05) is 23.8 Å². The van der Waals surface area contributed by atoms with Gasteiger partial charge in [0.1, 0.15) is 0 Å². The predicted octanol–water partition coefficient (Wildman–Crippen LogP) is 3.28. The molecule has 2 bridgehead atoms. The lowest BCUT2D eigenvalue weighted by Gasteiger charge is -2.42. The monoisotopic (exact) mass is 258 g/mol. The number of nitrogens with zero attached hydrogens (tertiary/aromatic N) is 1. The highest BCUT2D eigenvalue weighted by Gasteiger charge is 2.41. The smallest absolute Gasteiger partial charge is 0.0433 e. The van der Waals surface area contributed by atoms with Gasteiger partial charge in [-0.15, -0.1) is 0 Å². The second kappa shape index (κ2) is 5.16. The van der Waals surface area contributed by atoms with Crippen LogP contribution in [0.15, 0.2) is 18.2 Å². The third-order valence-electron chi connectivity index (χ3n) is 5.10. The molecule has 19 heavy (non-hydrogen) atoms. The van der Waals surface area contributed by atoms with Crippen molar-refractivity contribution in [3.8, 4) is 0 Å². The first-order valence-electron chi connectivity index (χ1n) is 7.78. The molecule has 2 aliphatic rings. The van der Waals surface area contributed by atoms with Gasteiger partial charge in [0.2, 0.25) is 0 Å². The second-order valence-corrected chi connectivity index (χ2v) is 6.19. The normalized spacial score (nSPS) is 29.8. The van der Waals surface area contributed by atoms with E-state index in [1.54, 1.807) is 5.69 Å². The number of hydrogen-bond donors (Lipinski definition) is 1. The van der Waals surface area contributed by atoms with Gasteiger partial charge in [-0.3, -0.25) is 0 Å². The van der Waals surface area contributed by atoms with Gasteiger partial charge in [0.15, 0.2) is 0 Å². The first kappa shape index (κ1) is 13.0. The van der Waals surface area contributed by atoms with Gasteiger partial charge in [-0.05, 0) is 57.2 Å². The number of fused-ring (bicyclic) bond motifs is 2. The van der Waals surface area contributed by atoms with Crippen molar-refractivity contribution in [2.75, 3.05) is 11.9 Å². The lowest BCUT2D eigenvalue weighted by molar-refractivity contribution is 0.373. The average molecular weight is 258 g/mol. The number of para-hydroxylation sites is 1. The Labute approximate surface area is 117 Å². The van der Waals surface area contributed by atoms with Gasteiger partial charge >= 0.3 is 0 Å². The fraction of sp³-hybridized carbons (Fsp3) is 0.647. The zero-order chi connectivity index (χ0) is 13.4. The van der Waals surface area contributed by atoms with E-state index in [0.29, 0.717) is 0 Å². The Kier molecular flexibility index (Phi) is 3.53. The fourth-order valence-electron chi connectivity index (χ4n) is 4.15. The molecule has 1 aromatic carbocycles. The number of hydrogen-bond acceptors (Lipinski definition) is 2. The highest BCUT2D eigenvalue weighted by molar-refractivity contribution is 5.62. The molecule has 0 aromatic heterocycles. The number of benzene rings is 1. The molecule has 1 N–H and O–H groups in total. The van der Waals surface area contributed by atoms with Gasteiger partial charge in [-0.2, -0.15) is 0 Å². The van der Waals surface area contributed by atoms with E-state index in [1.807, 2.05) is 0 Å². The lowest BCUT2D eigenvalue weighted by atomic mass is 9.94. The Morgan fingerprint density at radius 2 is 1.89 bits per heavy atom. The molecule has 0 spiro atoms. The zero-order valence-corrected chi connectivity index (χ0v) is 12.4. The van der Waals surface area contributed by atoms with Gasteiger partial charge in [0.05, 0.1) is 0 Å². The van der Waals surface area contributed by atoms with Crippen molar-refractivity contribution in [1.82, 2.24) is 5.32 Å². The van der Waals surface area contributed by atoms with Crippen LogP contribution in [0.4, 0.5) is 5.69 Å². The Morgan fingerprint density at radius 3 is 2.47 bits per heavy atom. The molecule has 2 heterocycles. The summed E-state index contributed by atoms with van der Waals surface area (Å²) < 4.78 is 0. The summed E-state index contributed by atoms with van der Waals surface area (Å²) in [6.45, 7) is 4.55. The van der Waals surface area contributed by atoms with E-state index in [2.05, 4.69) is 49.3 Å². The minimum absolute atomic E-state index is 0.725. The summed E-state index contributed by atoms with van der Waals surface area (Å²) in [4.78, 5) is 2.77. The number of rotatable bonds is 3. The van der Waals surface area contributed by atoms with Crippen molar-refractivity contribution in [1.29, 1.82) is 0 Å². The van der Waals surface area contributed by atoms with E-state index in [-0.39, 0.29) is 0 Å². The van der Waals surface area contributed by atoms with Crippen LogP contribution in [0.3, 0.4) is 0 Å². The summed E-state index contributed by atoms with van der Waals surface area (Å²) in [5, 5.41) is 3.49. The summed E-state index contributed by atoms with van der Waals surface area (Å²) in [5.74, 6) is 0. The van der Waals surface area contributed by atoms with Crippen LogP contribution in [-0.4, -0.2) is 25.2 Å². The number of piperidine rings is 1. The second-order valence-electron chi connectivity index (χ2n) is 6.19. The number of anilines is 1. The van der Waals surface area contributed by atoms with Gasteiger partial charge in [-0.1, -0.05) is 25.1 Å².